The van der Waals surface area contributed by atoms with E-state index in [4.69, 9.17) is 0 Å². The molecule has 0 aliphatic rings. The molecule has 0 amide bonds. The van der Waals surface area contributed by atoms with E-state index in [1.165, 1.54) is 14.2 Å². The molecule has 1 unspecified atom stereocenters. The van der Waals surface area contributed by atoms with E-state index in [-0.39, 0.29) is 12.0 Å². The first kappa shape index (κ1) is 9.39. The van der Waals surface area contributed by atoms with Gasteiger partial charge in [0.2, 0.25) is 0 Å². The Labute approximate surface area is 60.5 Å². The predicted octanol–water partition coefficient (Wildman–Crippen LogP) is 0.0890. The summed E-state index contributed by atoms with van der Waals surface area (Å²) < 4.78 is 4.43. The zero-order chi connectivity index (χ0) is 7.98. The van der Waals surface area contributed by atoms with Crippen molar-refractivity contribution in [2.45, 2.75) is 19.4 Å². The van der Waals surface area contributed by atoms with E-state index >= 15 is 0 Å². The van der Waals surface area contributed by atoms with Crippen LogP contribution >= 0.6 is 0 Å². The lowest BCUT2D eigenvalue weighted by molar-refractivity contribution is -0.141. The molecule has 4 nitrogen and oxygen atoms in total. The van der Waals surface area contributed by atoms with Crippen LogP contribution in [0.4, 0.5) is 0 Å². The maximum Gasteiger partial charge on any atom is 0.307 e. The van der Waals surface area contributed by atoms with E-state index in [0.717, 1.165) is 0 Å². The Morgan fingerprint density at radius 1 is 1.60 bits per heavy atom. The quantitative estimate of drug-likeness (QED) is 0.452. The first-order chi connectivity index (χ1) is 4.70. The Morgan fingerprint density at radius 3 is 2.60 bits per heavy atom. The second kappa shape index (κ2) is 5.20. The van der Waals surface area contributed by atoms with Crippen LogP contribution in [-0.4, -0.2) is 26.2 Å². The number of rotatable bonds is 4. The van der Waals surface area contributed by atoms with E-state index in [1.54, 1.807) is 0 Å². The van der Waals surface area contributed by atoms with E-state index < -0.39 is 0 Å². The van der Waals surface area contributed by atoms with Gasteiger partial charge in [-0.1, -0.05) is 0 Å². The molecule has 0 fully saturated rings. The van der Waals surface area contributed by atoms with Crippen LogP contribution in [0.3, 0.4) is 0 Å². The lowest BCUT2D eigenvalue weighted by Gasteiger charge is -2.08. The molecular weight excluding hydrogens is 134 g/mol. The van der Waals surface area contributed by atoms with Gasteiger partial charge in [-0.25, -0.2) is 0 Å². The first-order valence-electron chi connectivity index (χ1n) is 3.06. The monoisotopic (exact) mass is 147 g/mol. The van der Waals surface area contributed by atoms with Crippen LogP contribution in [-0.2, 0) is 14.4 Å². The molecule has 1 atom stereocenters. The third kappa shape index (κ3) is 4.29. The first-order valence-corrected chi connectivity index (χ1v) is 3.06. The van der Waals surface area contributed by atoms with Gasteiger partial charge in [0.1, 0.15) is 0 Å². The fourth-order valence-electron chi connectivity index (χ4n) is 0.576. The molecule has 0 radical (unpaired) electrons. The molecule has 4 heteroatoms. The van der Waals surface area contributed by atoms with Crippen molar-refractivity contribution in [2.24, 2.45) is 0 Å². The van der Waals surface area contributed by atoms with Gasteiger partial charge in [0.15, 0.2) is 0 Å². The lowest BCUT2D eigenvalue weighted by atomic mass is 10.2. The summed E-state index contributed by atoms with van der Waals surface area (Å²) in [5.74, 6) is -0.239. The van der Waals surface area contributed by atoms with Gasteiger partial charge in [-0.05, 0) is 6.92 Å². The third-order valence-electron chi connectivity index (χ3n) is 1.02. The molecule has 0 aliphatic heterocycles. The maximum absolute atomic E-state index is 10.6. The summed E-state index contributed by atoms with van der Waals surface area (Å²) in [6.07, 6.45) is 0.324. The molecule has 60 valence electrons. The minimum Gasteiger partial charge on any atom is -0.469 e. The lowest BCUT2D eigenvalue weighted by Crippen LogP contribution is -2.27. The topological polar surface area (TPSA) is 47.6 Å². The number of methoxy groups -OCH3 is 1. The van der Waals surface area contributed by atoms with E-state index in [1.807, 2.05) is 6.92 Å². The average Bonchev–Trinajstić information content (AvgIpc) is 1.88. The standard InChI is InChI=1S/C6H13NO3/c1-5(7-10-3)4-6(8)9-2/h5,7H,4H2,1-3H3. The molecule has 0 heterocycles. The van der Waals surface area contributed by atoms with Gasteiger partial charge in [0, 0.05) is 6.04 Å². The average molecular weight is 147 g/mol. The summed E-state index contributed by atoms with van der Waals surface area (Å²) in [7, 11) is 2.87. The van der Waals surface area contributed by atoms with Crippen LogP contribution in [0.15, 0.2) is 0 Å². The van der Waals surface area contributed by atoms with Crippen molar-refractivity contribution in [3.05, 3.63) is 0 Å². The highest BCUT2D eigenvalue weighted by Crippen LogP contribution is 1.91. The van der Waals surface area contributed by atoms with Gasteiger partial charge >= 0.3 is 5.97 Å². The molecule has 10 heavy (non-hydrogen) atoms. The van der Waals surface area contributed by atoms with Gasteiger partial charge in [0.25, 0.3) is 0 Å². The molecule has 0 bridgehead atoms. The molecule has 1 N–H and O–H groups in total. The summed E-state index contributed by atoms with van der Waals surface area (Å²) in [5, 5.41) is 0. The van der Waals surface area contributed by atoms with Gasteiger partial charge in [-0.2, -0.15) is 5.48 Å². The number of ether oxygens (including phenoxy) is 1. The van der Waals surface area contributed by atoms with Gasteiger partial charge < -0.3 is 9.57 Å². The maximum atomic E-state index is 10.6. The number of esters is 1. The zero-order valence-corrected chi connectivity index (χ0v) is 6.51. The van der Waals surface area contributed by atoms with E-state index in [0.29, 0.717) is 6.42 Å². The molecule has 0 aliphatic carbocycles. The SMILES string of the molecule is CONC(C)CC(=O)OC. The van der Waals surface area contributed by atoms with Crippen molar-refractivity contribution >= 4 is 5.97 Å². The number of carbonyl (C=O) groups excluding carboxylic acids is 1. The highest BCUT2D eigenvalue weighted by molar-refractivity contribution is 5.69. The third-order valence-corrected chi connectivity index (χ3v) is 1.02. The van der Waals surface area contributed by atoms with Crippen molar-refractivity contribution in [3.8, 4) is 0 Å². The smallest absolute Gasteiger partial charge is 0.307 e. The Bertz CT molecular complexity index is 105. The molecule has 0 saturated heterocycles. The van der Waals surface area contributed by atoms with Crippen LogP contribution in [0.2, 0.25) is 0 Å². The van der Waals surface area contributed by atoms with Gasteiger partial charge in [-0.15, -0.1) is 0 Å². The molecule has 0 aromatic carbocycles. The Morgan fingerprint density at radius 2 is 2.20 bits per heavy atom. The number of carbonyl (C=O) groups is 1. The fraction of sp³-hybridized carbons (Fsp3) is 0.833. The Kier molecular flexibility index (Phi) is 4.88. The Balaban J connectivity index is 3.37. The Hall–Kier alpha value is -0.610. The summed E-state index contributed by atoms with van der Waals surface area (Å²) in [4.78, 5) is 15.2. The number of hydrogen-bond acceptors (Lipinski definition) is 4. The van der Waals surface area contributed by atoms with Crippen LogP contribution < -0.4 is 5.48 Å². The fourth-order valence-corrected chi connectivity index (χ4v) is 0.576. The molecule has 0 rings (SSSR count). The number of nitrogens with one attached hydrogen (secondary N) is 1. The van der Waals surface area contributed by atoms with Crippen molar-refractivity contribution in [3.63, 3.8) is 0 Å². The van der Waals surface area contributed by atoms with E-state index in [9.17, 15) is 4.79 Å². The molecule has 0 aromatic rings. The minimum absolute atomic E-state index is 0.00236. The highest BCUT2D eigenvalue weighted by atomic mass is 16.6. The van der Waals surface area contributed by atoms with Crippen LogP contribution in [0.1, 0.15) is 13.3 Å². The van der Waals surface area contributed by atoms with Crippen molar-refractivity contribution in [1.82, 2.24) is 5.48 Å². The summed E-state index contributed by atoms with van der Waals surface area (Å²) >= 11 is 0. The summed E-state index contributed by atoms with van der Waals surface area (Å²) in [5.41, 5.74) is 2.61. The van der Waals surface area contributed by atoms with Crippen LogP contribution in [0.25, 0.3) is 0 Å². The molecular formula is C6H13NO3. The summed E-state index contributed by atoms with van der Waals surface area (Å²) in [6.45, 7) is 1.83. The normalized spacial score (nSPS) is 12.7. The minimum atomic E-state index is -0.239. The largest absolute Gasteiger partial charge is 0.469 e. The van der Waals surface area contributed by atoms with Gasteiger partial charge in [-0.3, -0.25) is 4.79 Å². The van der Waals surface area contributed by atoms with Crippen LogP contribution in [0.5, 0.6) is 0 Å². The van der Waals surface area contributed by atoms with Gasteiger partial charge in [0.05, 0.1) is 20.6 Å². The van der Waals surface area contributed by atoms with Crippen molar-refractivity contribution in [2.75, 3.05) is 14.2 Å². The summed E-state index contributed by atoms with van der Waals surface area (Å²) in [6, 6.07) is -0.00236. The molecule has 0 saturated carbocycles. The predicted molar refractivity (Wildman–Crippen MR) is 36.2 cm³/mol. The second-order valence-corrected chi connectivity index (χ2v) is 2.00. The number of hydroxylamine groups is 1. The molecule has 0 spiro atoms. The number of hydrogen-bond donors (Lipinski definition) is 1. The molecule has 0 aromatic heterocycles. The zero-order valence-electron chi connectivity index (χ0n) is 6.51. The highest BCUT2D eigenvalue weighted by Gasteiger charge is 2.06. The van der Waals surface area contributed by atoms with Crippen molar-refractivity contribution in [1.29, 1.82) is 0 Å². The van der Waals surface area contributed by atoms with Crippen LogP contribution in [0, 0.1) is 0 Å². The second-order valence-electron chi connectivity index (χ2n) is 2.00. The van der Waals surface area contributed by atoms with Crippen molar-refractivity contribution < 1.29 is 14.4 Å². The van der Waals surface area contributed by atoms with E-state index in [2.05, 4.69) is 15.1 Å².